The quantitative estimate of drug-likeness (QED) is 0.254. The predicted octanol–water partition coefficient (Wildman–Crippen LogP) is -2.97. The van der Waals surface area contributed by atoms with E-state index < -0.39 is 8.38 Å². The van der Waals surface area contributed by atoms with Crippen molar-refractivity contribution in [3.63, 3.8) is 0 Å². The standard InChI is InChI=1S/CH5O2P.Na.H/c1-4(2)3;;/h2-3H,1H3;;/q;+1;-1. The summed E-state index contributed by atoms with van der Waals surface area (Å²) in [4.78, 5) is 15.4. The van der Waals surface area contributed by atoms with E-state index in [2.05, 4.69) is 0 Å². The van der Waals surface area contributed by atoms with Gasteiger partial charge in [0.2, 0.25) is 0 Å². The fraction of sp³-hybridized carbons (Fsp3) is 1.00. The molecule has 0 heterocycles. The Morgan fingerprint density at radius 2 is 1.60 bits per heavy atom. The van der Waals surface area contributed by atoms with Gasteiger partial charge in [-0.05, 0) is 0 Å². The largest absolute Gasteiger partial charge is 1.00 e. The van der Waals surface area contributed by atoms with Crippen LogP contribution in [0.5, 0.6) is 0 Å². The minimum Gasteiger partial charge on any atom is -1.00 e. The smallest absolute Gasteiger partial charge is 1.00 e. The molecule has 0 saturated heterocycles. The Kier molecular flexibility index (Phi) is 10.3. The van der Waals surface area contributed by atoms with Gasteiger partial charge in [0, 0.05) is 6.66 Å². The zero-order valence-electron chi connectivity index (χ0n) is 4.34. The monoisotopic (exact) mass is 104 g/mol. The van der Waals surface area contributed by atoms with Crippen LogP contribution in [0.15, 0.2) is 0 Å². The normalized spacial score (nSPS) is 7.20. The van der Waals surface area contributed by atoms with Gasteiger partial charge in [-0.3, -0.25) is 0 Å². The zero-order chi connectivity index (χ0) is 3.58. The molecule has 0 radical (unpaired) electrons. The van der Waals surface area contributed by atoms with E-state index in [1.54, 1.807) is 0 Å². The van der Waals surface area contributed by atoms with Gasteiger partial charge >= 0.3 is 29.6 Å². The van der Waals surface area contributed by atoms with E-state index in [1.165, 1.54) is 6.66 Å². The van der Waals surface area contributed by atoms with Crippen LogP contribution in [-0.2, 0) is 0 Å². The number of hydrogen-bond acceptors (Lipinski definition) is 2. The van der Waals surface area contributed by atoms with Crippen molar-refractivity contribution in [2.75, 3.05) is 6.66 Å². The summed E-state index contributed by atoms with van der Waals surface area (Å²) in [5, 5.41) is 0. The predicted molar refractivity (Wildman–Crippen MR) is 18.4 cm³/mol. The molecule has 0 bridgehead atoms. The Morgan fingerprint density at radius 1 is 1.60 bits per heavy atom. The van der Waals surface area contributed by atoms with E-state index in [0.29, 0.717) is 0 Å². The molecule has 0 atom stereocenters. The molecule has 0 amide bonds. The molecule has 0 saturated carbocycles. The third kappa shape index (κ3) is 32.9. The van der Waals surface area contributed by atoms with Crippen LogP contribution >= 0.6 is 8.38 Å². The second-order valence-electron chi connectivity index (χ2n) is 0.489. The molecule has 2 nitrogen and oxygen atoms in total. The van der Waals surface area contributed by atoms with Gasteiger partial charge in [-0.25, -0.2) is 0 Å². The maximum absolute atomic E-state index is 7.68. The Bertz CT molecular complexity index is 18.3. The van der Waals surface area contributed by atoms with Crippen molar-refractivity contribution in [2.45, 2.75) is 0 Å². The molecule has 0 aromatic rings. The average Bonchev–Trinajstić information content (AvgIpc) is 0.811. The van der Waals surface area contributed by atoms with Crippen molar-refractivity contribution >= 4 is 8.38 Å². The van der Waals surface area contributed by atoms with Gasteiger partial charge in [-0.1, -0.05) is 0 Å². The van der Waals surface area contributed by atoms with Crippen LogP contribution in [0.3, 0.4) is 0 Å². The van der Waals surface area contributed by atoms with Crippen LogP contribution in [0.1, 0.15) is 1.43 Å². The van der Waals surface area contributed by atoms with E-state index in [0.717, 1.165) is 0 Å². The summed E-state index contributed by atoms with van der Waals surface area (Å²) in [6.45, 7) is 1.34. The van der Waals surface area contributed by atoms with Gasteiger partial charge in [0.25, 0.3) is 0 Å². The molecule has 0 aromatic carbocycles. The molecule has 2 N–H and O–H groups in total. The second-order valence-corrected chi connectivity index (χ2v) is 1.47. The van der Waals surface area contributed by atoms with Crippen LogP contribution in [0.4, 0.5) is 0 Å². The van der Waals surface area contributed by atoms with Crippen LogP contribution in [0.2, 0.25) is 0 Å². The van der Waals surface area contributed by atoms with E-state index in [-0.39, 0.29) is 31.0 Å². The maximum Gasteiger partial charge on any atom is 1.00 e. The zero-order valence-corrected chi connectivity index (χ0v) is 6.24. The van der Waals surface area contributed by atoms with Gasteiger partial charge in [-0.2, -0.15) is 0 Å². The maximum atomic E-state index is 7.68. The fourth-order valence-electron chi connectivity index (χ4n) is 0. The van der Waals surface area contributed by atoms with Crippen molar-refractivity contribution in [3.8, 4) is 0 Å². The molecule has 4 heteroatoms. The molecular formula is CH6NaO2P. The van der Waals surface area contributed by atoms with Crippen LogP contribution in [0, 0.1) is 0 Å². The van der Waals surface area contributed by atoms with Gasteiger partial charge in [0.15, 0.2) is 8.38 Å². The van der Waals surface area contributed by atoms with Gasteiger partial charge in [0.1, 0.15) is 0 Å². The molecule has 0 aliphatic rings. The van der Waals surface area contributed by atoms with Crippen LogP contribution < -0.4 is 29.6 Å². The Hall–Kier alpha value is 1.35. The summed E-state index contributed by atoms with van der Waals surface area (Å²) >= 11 is 0. The molecule has 28 valence electrons. The topological polar surface area (TPSA) is 40.5 Å². The van der Waals surface area contributed by atoms with E-state index in [4.69, 9.17) is 9.79 Å². The first-order valence-corrected chi connectivity index (χ1v) is 2.54. The van der Waals surface area contributed by atoms with Crippen molar-refractivity contribution in [1.29, 1.82) is 0 Å². The number of rotatable bonds is 0. The SMILES string of the molecule is CP(O)O.[H-].[Na+]. The van der Waals surface area contributed by atoms with Crippen LogP contribution in [0.25, 0.3) is 0 Å². The first-order valence-electron chi connectivity index (χ1n) is 0.847. The minimum atomic E-state index is -1.62. The van der Waals surface area contributed by atoms with Crippen molar-refractivity contribution in [1.82, 2.24) is 0 Å². The molecule has 0 aliphatic heterocycles. The Morgan fingerprint density at radius 3 is 1.60 bits per heavy atom. The third-order valence-corrected chi connectivity index (χ3v) is 0. The first kappa shape index (κ1) is 9.61. The molecule has 0 aromatic heterocycles. The molecular weight excluding hydrogens is 98.0 g/mol. The van der Waals surface area contributed by atoms with Crippen molar-refractivity contribution in [3.05, 3.63) is 0 Å². The number of hydrogen-bond donors (Lipinski definition) is 2. The molecule has 0 unspecified atom stereocenters. The Labute approximate surface area is 55.9 Å². The van der Waals surface area contributed by atoms with Crippen molar-refractivity contribution in [2.24, 2.45) is 0 Å². The van der Waals surface area contributed by atoms with Crippen LogP contribution in [-0.4, -0.2) is 16.5 Å². The summed E-state index contributed by atoms with van der Waals surface area (Å²) in [5.74, 6) is 0. The molecule has 0 spiro atoms. The molecule has 0 fully saturated rings. The third-order valence-electron chi connectivity index (χ3n) is 0. The second kappa shape index (κ2) is 5.35. The molecule has 5 heavy (non-hydrogen) atoms. The fourth-order valence-corrected chi connectivity index (χ4v) is 0. The first-order chi connectivity index (χ1) is 1.73. The van der Waals surface area contributed by atoms with E-state index >= 15 is 0 Å². The van der Waals surface area contributed by atoms with E-state index in [1.807, 2.05) is 0 Å². The van der Waals surface area contributed by atoms with Gasteiger partial charge in [0.05, 0.1) is 0 Å². The van der Waals surface area contributed by atoms with Gasteiger partial charge in [-0.15, -0.1) is 0 Å². The summed E-state index contributed by atoms with van der Waals surface area (Å²) in [5.41, 5.74) is 0. The van der Waals surface area contributed by atoms with E-state index in [9.17, 15) is 0 Å². The van der Waals surface area contributed by atoms with Gasteiger partial charge < -0.3 is 11.2 Å². The summed E-state index contributed by atoms with van der Waals surface area (Å²) in [6.07, 6.45) is 0. The molecule has 0 rings (SSSR count). The summed E-state index contributed by atoms with van der Waals surface area (Å²) < 4.78 is 0. The average molecular weight is 104 g/mol. The Balaban J connectivity index is -0.0000000450. The minimum absolute atomic E-state index is 0. The van der Waals surface area contributed by atoms with Crippen molar-refractivity contribution < 1.29 is 40.8 Å². The summed E-state index contributed by atoms with van der Waals surface area (Å²) in [6, 6.07) is 0. The summed E-state index contributed by atoms with van der Waals surface area (Å²) in [7, 11) is -1.62. The molecule has 0 aliphatic carbocycles.